The number of hydrogen-bond acceptors (Lipinski definition) is 3. The van der Waals surface area contributed by atoms with E-state index in [2.05, 4.69) is 5.32 Å². The van der Waals surface area contributed by atoms with Gasteiger partial charge >= 0.3 is 6.09 Å². The van der Waals surface area contributed by atoms with E-state index in [1.165, 1.54) is 0 Å². The second-order valence-corrected chi connectivity index (χ2v) is 2.08. The van der Waals surface area contributed by atoms with Crippen molar-refractivity contribution in [3.63, 3.8) is 0 Å². The van der Waals surface area contributed by atoms with Crippen LogP contribution in [-0.4, -0.2) is 32.0 Å². The van der Waals surface area contributed by atoms with Crippen LogP contribution in [0.4, 0.5) is 4.79 Å². The zero-order valence-corrected chi connectivity index (χ0v) is 5.92. The Morgan fingerprint density at radius 3 is 3.10 bits per heavy atom. The molecular formula is C6H11NO3. The lowest BCUT2D eigenvalue weighted by molar-refractivity contribution is 0.136. The molecule has 1 aliphatic rings. The maximum Gasteiger partial charge on any atom is 0.407 e. The van der Waals surface area contributed by atoms with Crippen molar-refractivity contribution in [3.8, 4) is 0 Å². The fourth-order valence-corrected chi connectivity index (χ4v) is 0.528. The van der Waals surface area contributed by atoms with Crippen LogP contribution in [0.2, 0.25) is 0 Å². The van der Waals surface area contributed by atoms with Crippen LogP contribution < -0.4 is 5.32 Å². The predicted octanol–water partition coefficient (Wildman–Crippen LogP) is 0.131. The second-order valence-electron chi connectivity index (χ2n) is 2.08. The summed E-state index contributed by atoms with van der Waals surface area (Å²) in [6, 6.07) is 0. The van der Waals surface area contributed by atoms with Gasteiger partial charge in [0.2, 0.25) is 0 Å². The summed E-state index contributed by atoms with van der Waals surface area (Å²) in [5, 5.41) is 2.51. The zero-order chi connectivity index (χ0) is 7.40. The van der Waals surface area contributed by atoms with E-state index in [4.69, 9.17) is 9.47 Å². The van der Waals surface area contributed by atoms with E-state index >= 15 is 0 Å². The summed E-state index contributed by atoms with van der Waals surface area (Å²) < 4.78 is 9.56. The molecule has 0 aliphatic carbocycles. The first-order chi connectivity index (χ1) is 4.83. The van der Waals surface area contributed by atoms with Crippen LogP contribution in [0.1, 0.15) is 6.92 Å². The zero-order valence-electron chi connectivity index (χ0n) is 5.92. The predicted molar refractivity (Wildman–Crippen MR) is 34.8 cm³/mol. The number of carbonyl (C=O) groups excluding carboxylic acids is 1. The van der Waals surface area contributed by atoms with E-state index in [1.54, 1.807) is 0 Å². The standard InChI is InChI=1S/C6H11NO3/c1-2-7-6(8)10-4-5-3-9-5/h5H,2-4H2,1H3,(H,7,8). The Labute approximate surface area is 59.5 Å². The molecule has 1 unspecified atom stereocenters. The number of carbonyl (C=O) groups is 1. The van der Waals surface area contributed by atoms with Crippen LogP contribution in [0.15, 0.2) is 0 Å². The van der Waals surface area contributed by atoms with Crippen molar-refractivity contribution in [1.82, 2.24) is 5.32 Å². The summed E-state index contributed by atoms with van der Waals surface area (Å²) in [4.78, 5) is 10.6. The third kappa shape index (κ3) is 2.68. The molecule has 0 aromatic carbocycles. The first-order valence-corrected chi connectivity index (χ1v) is 3.35. The van der Waals surface area contributed by atoms with Gasteiger partial charge in [-0.15, -0.1) is 0 Å². The van der Waals surface area contributed by atoms with Crippen LogP contribution in [0.3, 0.4) is 0 Å². The minimum Gasteiger partial charge on any atom is -0.447 e. The Morgan fingerprint density at radius 2 is 2.60 bits per heavy atom. The number of hydrogen-bond donors (Lipinski definition) is 1. The summed E-state index contributed by atoms with van der Waals surface area (Å²) in [5.74, 6) is 0. The van der Waals surface area contributed by atoms with E-state index in [-0.39, 0.29) is 12.2 Å². The minimum atomic E-state index is -0.363. The van der Waals surface area contributed by atoms with E-state index in [0.717, 1.165) is 6.61 Å². The molecule has 1 fully saturated rings. The van der Waals surface area contributed by atoms with Gasteiger partial charge in [-0.2, -0.15) is 0 Å². The van der Waals surface area contributed by atoms with Crippen LogP contribution in [0.25, 0.3) is 0 Å². The van der Waals surface area contributed by atoms with Crippen LogP contribution in [0, 0.1) is 0 Å². The van der Waals surface area contributed by atoms with Crippen molar-refractivity contribution in [3.05, 3.63) is 0 Å². The third-order valence-electron chi connectivity index (χ3n) is 1.12. The minimum absolute atomic E-state index is 0.155. The number of alkyl carbamates (subject to hydrolysis) is 1. The van der Waals surface area contributed by atoms with Crippen molar-refractivity contribution < 1.29 is 14.3 Å². The fourth-order valence-electron chi connectivity index (χ4n) is 0.528. The molecule has 0 bridgehead atoms. The summed E-state index contributed by atoms with van der Waals surface area (Å²) in [7, 11) is 0. The highest BCUT2D eigenvalue weighted by Crippen LogP contribution is 2.08. The molecule has 0 spiro atoms. The normalized spacial score (nSPS) is 21.9. The molecule has 1 aliphatic heterocycles. The SMILES string of the molecule is CCNC(=O)OCC1CO1. The molecule has 4 nitrogen and oxygen atoms in total. The maximum atomic E-state index is 10.6. The highest BCUT2D eigenvalue weighted by molar-refractivity contribution is 5.66. The third-order valence-corrected chi connectivity index (χ3v) is 1.12. The Bertz CT molecular complexity index is 122. The number of rotatable bonds is 3. The van der Waals surface area contributed by atoms with E-state index in [0.29, 0.717) is 13.2 Å². The van der Waals surface area contributed by atoms with Gasteiger partial charge in [0.25, 0.3) is 0 Å². The van der Waals surface area contributed by atoms with Gasteiger partial charge in [0.05, 0.1) is 6.61 Å². The highest BCUT2D eigenvalue weighted by atomic mass is 16.6. The van der Waals surface area contributed by atoms with Gasteiger partial charge in [-0.1, -0.05) is 0 Å². The molecule has 1 heterocycles. The van der Waals surface area contributed by atoms with Crippen LogP contribution in [0.5, 0.6) is 0 Å². The van der Waals surface area contributed by atoms with Gasteiger partial charge in [-0.05, 0) is 6.92 Å². The first-order valence-electron chi connectivity index (χ1n) is 3.35. The van der Waals surface area contributed by atoms with Crippen molar-refractivity contribution >= 4 is 6.09 Å². The summed E-state index contributed by atoms with van der Waals surface area (Å²) in [6.45, 7) is 3.55. The Kier molecular flexibility index (Phi) is 2.50. The van der Waals surface area contributed by atoms with Gasteiger partial charge < -0.3 is 14.8 Å². The monoisotopic (exact) mass is 145 g/mol. The Morgan fingerprint density at radius 1 is 1.90 bits per heavy atom. The Hall–Kier alpha value is -0.770. The highest BCUT2D eigenvalue weighted by Gasteiger charge is 2.23. The molecule has 0 radical (unpaired) electrons. The molecule has 0 saturated carbocycles. The lowest BCUT2D eigenvalue weighted by Crippen LogP contribution is -2.25. The topological polar surface area (TPSA) is 50.9 Å². The van der Waals surface area contributed by atoms with Gasteiger partial charge in [0, 0.05) is 6.54 Å². The van der Waals surface area contributed by atoms with E-state index < -0.39 is 0 Å². The molecule has 58 valence electrons. The molecule has 0 aromatic heterocycles. The lowest BCUT2D eigenvalue weighted by Gasteiger charge is -2.01. The molecule has 0 aromatic rings. The molecule has 1 atom stereocenters. The fraction of sp³-hybridized carbons (Fsp3) is 0.833. The number of epoxide rings is 1. The Balaban J connectivity index is 1.94. The van der Waals surface area contributed by atoms with E-state index in [1.807, 2.05) is 6.92 Å². The van der Waals surface area contributed by atoms with Gasteiger partial charge in [-0.25, -0.2) is 4.79 Å². The van der Waals surface area contributed by atoms with Gasteiger partial charge in [-0.3, -0.25) is 0 Å². The van der Waals surface area contributed by atoms with Gasteiger partial charge in [0.15, 0.2) is 0 Å². The summed E-state index contributed by atoms with van der Waals surface area (Å²) in [5.41, 5.74) is 0. The maximum absolute atomic E-state index is 10.6. The molecule has 1 rings (SSSR count). The summed E-state index contributed by atoms with van der Waals surface area (Å²) in [6.07, 6.45) is -0.208. The average Bonchev–Trinajstić information content (AvgIpc) is 2.67. The van der Waals surface area contributed by atoms with E-state index in [9.17, 15) is 4.79 Å². The number of ether oxygens (including phenoxy) is 2. The van der Waals surface area contributed by atoms with Crippen molar-refractivity contribution in [2.45, 2.75) is 13.0 Å². The molecule has 1 N–H and O–H groups in total. The second kappa shape index (κ2) is 3.41. The molecule has 10 heavy (non-hydrogen) atoms. The molecule has 4 heteroatoms. The number of amides is 1. The first kappa shape index (κ1) is 7.34. The van der Waals surface area contributed by atoms with Crippen molar-refractivity contribution in [1.29, 1.82) is 0 Å². The largest absolute Gasteiger partial charge is 0.447 e. The van der Waals surface area contributed by atoms with Crippen LogP contribution >= 0.6 is 0 Å². The van der Waals surface area contributed by atoms with Gasteiger partial charge in [0.1, 0.15) is 12.7 Å². The average molecular weight is 145 g/mol. The summed E-state index contributed by atoms with van der Waals surface area (Å²) >= 11 is 0. The lowest BCUT2D eigenvalue weighted by atomic mass is 10.5. The molecule has 1 saturated heterocycles. The van der Waals surface area contributed by atoms with Crippen molar-refractivity contribution in [2.24, 2.45) is 0 Å². The smallest absolute Gasteiger partial charge is 0.407 e. The molecule has 1 amide bonds. The molecular weight excluding hydrogens is 134 g/mol. The quantitative estimate of drug-likeness (QED) is 0.574. The van der Waals surface area contributed by atoms with Crippen LogP contribution in [-0.2, 0) is 9.47 Å². The van der Waals surface area contributed by atoms with Crippen molar-refractivity contribution in [2.75, 3.05) is 19.8 Å². The number of nitrogens with one attached hydrogen (secondary N) is 1.